The molecule has 0 bridgehead atoms. The van der Waals surface area contributed by atoms with Crippen LogP contribution in [0.3, 0.4) is 0 Å². The van der Waals surface area contributed by atoms with Gasteiger partial charge in [0.25, 0.3) is 0 Å². The predicted molar refractivity (Wildman–Crippen MR) is 119 cm³/mol. The molecule has 2 heterocycles. The molecule has 0 radical (unpaired) electrons. The van der Waals surface area contributed by atoms with Gasteiger partial charge in [0.2, 0.25) is 5.91 Å². The molecule has 7 nitrogen and oxygen atoms in total. The highest BCUT2D eigenvalue weighted by molar-refractivity contribution is 5.79. The van der Waals surface area contributed by atoms with E-state index in [1.165, 1.54) is 5.56 Å². The second-order valence-corrected chi connectivity index (χ2v) is 8.61. The quantitative estimate of drug-likeness (QED) is 0.714. The minimum atomic E-state index is -0.0380. The molecule has 0 unspecified atom stereocenters. The Kier molecular flexibility index (Phi) is 8.51. The van der Waals surface area contributed by atoms with Gasteiger partial charge in [0.1, 0.15) is 0 Å². The van der Waals surface area contributed by atoms with Gasteiger partial charge in [0.05, 0.1) is 0 Å². The second kappa shape index (κ2) is 11.3. The topological polar surface area (TPSA) is 67.9 Å². The van der Waals surface area contributed by atoms with Gasteiger partial charge in [-0.3, -0.25) is 9.69 Å². The number of benzene rings is 1. The van der Waals surface area contributed by atoms with Gasteiger partial charge in [-0.1, -0.05) is 31.2 Å². The number of piperidine rings is 1. The van der Waals surface area contributed by atoms with Crippen LogP contribution >= 0.6 is 0 Å². The number of piperazine rings is 1. The summed E-state index contributed by atoms with van der Waals surface area (Å²) in [4.78, 5) is 31.2. The summed E-state index contributed by atoms with van der Waals surface area (Å²) in [7, 11) is 2.17. The fourth-order valence-electron chi connectivity index (χ4n) is 4.05. The van der Waals surface area contributed by atoms with E-state index >= 15 is 0 Å². The highest BCUT2D eigenvalue weighted by Gasteiger charge is 2.26. The molecule has 2 aliphatic rings. The summed E-state index contributed by atoms with van der Waals surface area (Å²) in [6.07, 6.45) is 2.43. The Morgan fingerprint density at radius 3 is 2.20 bits per heavy atom. The van der Waals surface area contributed by atoms with Crippen LogP contribution in [0.2, 0.25) is 0 Å². The number of amides is 3. The highest BCUT2D eigenvalue weighted by atomic mass is 16.2. The Bertz CT molecular complexity index is 677. The predicted octanol–water partition coefficient (Wildman–Crippen LogP) is 1.88. The number of nitrogens with zero attached hydrogens (tertiary/aromatic N) is 3. The molecule has 0 aromatic heterocycles. The minimum absolute atomic E-state index is 0.0356. The zero-order valence-electron chi connectivity index (χ0n) is 18.5. The van der Waals surface area contributed by atoms with Crippen LogP contribution in [0.4, 0.5) is 4.79 Å². The van der Waals surface area contributed by atoms with Crippen molar-refractivity contribution in [3.63, 3.8) is 0 Å². The van der Waals surface area contributed by atoms with E-state index in [0.29, 0.717) is 19.6 Å². The summed E-state index contributed by atoms with van der Waals surface area (Å²) in [6.45, 7) is 10.1. The molecule has 2 aliphatic heterocycles. The van der Waals surface area contributed by atoms with Gasteiger partial charge in [0.15, 0.2) is 0 Å². The maximum atomic E-state index is 12.5. The number of carbonyl (C=O) groups excluding carboxylic acids is 2. The molecule has 166 valence electrons. The summed E-state index contributed by atoms with van der Waals surface area (Å²) in [5, 5.41) is 5.98. The van der Waals surface area contributed by atoms with Gasteiger partial charge in [-0.15, -0.1) is 0 Å². The first-order valence-corrected chi connectivity index (χ1v) is 11.3. The maximum Gasteiger partial charge on any atom is 0.317 e. The number of likely N-dealkylation sites (tertiary alicyclic amines) is 1. The van der Waals surface area contributed by atoms with Gasteiger partial charge in [-0.2, -0.15) is 0 Å². The maximum absolute atomic E-state index is 12.5. The summed E-state index contributed by atoms with van der Waals surface area (Å²) < 4.78 is 0. The van der Waals surface area contributed by atoms with Crippen LogP contribution < -0.4 is 10.6 Å². The van der Waals surface area contributed by atoms with E-state index in [4.69, 9.17) is 0 Å². The molecule has 2 saturated heterocycles. The van der Waals surface area contributed by atoms with Gasteiger partial charge in [-0.25, -0.2) is 4.79 Å². The lowest BCUT2D eigenvalue weighted by atomic mass is 9.96. The molecule has 3 rings (SSSR count). The number of urea groups is 1. The van der Waals surface area contributed by atoms with Crippen LogP contribution in [0.1, 0.15) is 37.3 Å². The number of rotatable bonds is 7. The summed E-state index contributed by atoms with van der Waals surface area (Å²) in [5.74, 6) is 0.169. The third-order valence-corrected chi connectivity index (χ3v) is 6.17. The average Bonchev–Trinajstić information content (AvgIpc) is 2.78. The van der Waals surface area contributed by atoms with Gasteiger partial charge in [-0.05, 0) is 37.4 Å². The molecule has 2 fully saturated rings. The van der Waals surface area contributed by atoms with Crippen LogP contribution in [0, 0.1) is 5.92 Å². The Balaban J connectivity index is 1.37. The number of nitrogens with one attached hydrogen (secondary N) is 2. The molecule has 7 heteroatoms. The van der Waals surface area contributed by atoms with Crippen molar-refractivity contribution in [1.29, 1.82) is 0 Å². The van der Waals surface area contributed by atoms with Crippen LogP contribution in [-0.2, 0) is 17.9 Å². The van der Waals surface area contributed by atoms with Crippen molar-refractivity contribution in [1.82, 2.24) is 25.3 Å². The van der Waals surface area contributed by atoms with Crippen LogP contribution in [0.15, 0.2) is 24.3 Å². The summed E-state index contributed by atoms with van der Waals surface area (Å²) in [6, 6.07) is 8.51. The van der Waals surface area contributed by atoms with Gasteiger partial charge >= 0.3 is 6.03 Å². The smallest absolute Gasteiger partial charge is 0.317 e. The number of hydrogen-bond acceptors (Lipinski definition) is 4. The Morgan fingerprint density at radius 2 is 1.57 bits per heavy atom. The minimum Gasteiger partial charge on any atom is -0.356 e. The third-order valence-electron chi connectivity index (χ3n) is 6.17. The van der Waals surface area contributed by atoms with Crippen molar-refractivity contribution < 1.29 is 9.59 Å². The van der Waals surface area contributed by atoms with Gasteiger partial charge < -0.3 is 20.4 Å². The van der Waals surface area contributed by atoms with Crippen molar-refractivity contribution in [3.8, 4) is 0 Å². The Hall–Kier alpha value is -2.12. The van der Waals surface area contributed by atoms with Crippen molar-refractivity contribution in [2.45, 2.75) is 39.3 Å². The third kappa shape index (κ3) is 6.71. The molecule has 0 saturated carbocycles. The molecule has 3 amide bonds. The zero-order chi connectivity index (χ0) is 21.3. The zero-order valence-corrected chi connectivity index (χ0v) is 18.5. The lowest BCUT2D eigenvalue weighted by molar-refractivity contribution is -0.126. The second-order valence-electron chi connectivity index (χ2n) is 8.61. The number of hydrogen-bond donors (Lipinski definition) is 2. The van der Waals surface area contributed by atoms with E-state index in [2.05, 4.69) is 51.7 Å². The Labute approximate surface area is 180 Å². The summed E-state index contributed by atoms with van der Waals surface area (Å²) in [5.41, 5.74) is 2.43. The number of carbonyl (C=O) groups is 2. The fraction of sp³-hybridized carbons (Fsp3) is 0.652. The molecule has 2 N–H and O–H groups in total. The summed E-state index contributed by atoms with van der Waals surface area (Å²) >= 11 is 0. The monoisotopic (exact) mass is 415 g/mol. The molecule has 0 aliphatic carbocycles. The standard InChI is InChI=1S/C23H37N5O2/c1-3-10-24-22(29)21-8-11-28(12-9-21)23(30)25-17-19-4-6-20(7-5-19)18-27-15-13-26(2)14-16-27/h4-7,21H,3,8-18H2,1-2H3,(H,24,29)(H,25,30). The Morgan fingerprint density at radius 1 is 0.933 bits per heavy atom. The van der Waals surface area contributed by atoms with E-state index in [9.17, 15) is 9.59 Å². The molecular formula is C23H37N5O2. The molecule has 30 heavy (non-hydrogen) atoms. The van der Waals surface area contributed by atoms with E-state index < -0.39 is 0 Å². The van der Waals surface area contributed by atoms with E-state index in [1.807, 2.05) is 11.8 Å². The van der Waals surface area contributed by atoms with Crippen molar-refractivity contribution in [3.05, 3.63) is 35.4 Å². The average molecular weight is 416 g/mol. The fourth-order valence-corrected chi connectivity index (χ4v) is 4.05. The van der Waals surface area contributed by atoms with Crippen LogP contribution in [-0.4, -0.2) is 79.5 Å². The normalized spacial score (nSPS) is 18.9. The lowest BCUT2D eigenvalue weighted by Gasteiger charge is -2.32. The largest absolute Gasteiger partial charge is 0.356 e. The molecule has 1 aromatic carbocycles. The van der Waals surface area contributed by atoms with Crippen molar-refractivity contribution in [2.24, 2.45) is 5.92 Å². The van der Waals surface area contributed by atoms with Crippen molar-refractivity contribution in [2.75, 3.05) is 52.9 Å². The van der Waals surface area contributed by atoms with E-state index in [0.717, 1.165) is 64.1 Å². The molecular weight excluding hydrogens is 378 g/mol. The van der Waals surface area contributed by atoms with Gasteiger partial charge in [0, 0.05) is 64.8 Å². The van der Waals surface area contributed by atoms with Crippen molar-refractivity contribution >= 4 is 11.9 Å². The first kappa shape index (κ1) is 22.6. The number of likely N-dealkylation sites (N-methyl/N-ethyl adjacent to an activating group) is 1. The molecule has 0 atom stereocenters. The highest BCUT2D eigenvalue weighted by Crippen LogP contribution is 2.17. The molecule has 0 spiro atoms. The van der Waals surface area contributed by atoms with Crippen LogP contribution in [0.5, 0.6) is 0 Å². The van der Waals surface area contributed by atoms with E-state index in [-0.39, 0.29) is 17.9 Å². The van der Waals surface area contributed by atoms with E-state index in [1.54, 1.807) is 0 Å². The first-order chi connectivity index (χ1) is 14.5. The van der Waals surface area contributed by atoms with Crippen LogP contribution in [0.25, 0.3) is 0 Å². The first-order valence-electron chi connectivity index (χ1n) is 11.3. The lowest BCUT2D eigenvalue weighted by Crippen LogP contribution is -2.46. The molecule has 1 aromatic rings. The SMILES string of the molecule is CCCNC(=O)C1CCN(C(=O)NCc2ccc(CN3CCN(C)CC3)cc2)CC1.